The normalized spacial score (nSPS) is 10.2. The molecule has 18 heavy (non-hydrogen) atoms. The number of amides is 1. The second-order valence-corrected chi connectivity index (χ2v) is 5.04. The van der Waals surface area contributed by atoms with Crippen LogP contribution in [0, 0.1) is 0 Å². The molecule has 2 aromatic rings. The van der Waals surface area contributed by atoms with Gasteiger partial charge in [-0.3, -0.25) is 4.79 Å². The van der Waals surface area contributed by atoms with E-state index < -0.39 is 0 Å². The summed E-state index contributed by atoms with van der Waals surface area (Å²) in [4.78, 5) is 11.9. The highest BCUT2D eigenvalue weighted by Crippen LogP contribution is 2.27. The van der Waals surface area contributed by atoms with Crippen molar-refractivity contribution in [2.24, 2.45) is 0 Å². The van der Waals surface area contributed by atoms with Gasteiger partial charge < -0.3 is 14.5 Å². The molecule has 2 rings (SSSR count). The number of furan rings is 1. The second-order valence-electron chi connectivity index (χ2n) is 3.40. The van der Waals surface area contributed by atoms with E-state index in [0.29, 0.717) is 16.1 Å². The Morgan fingerprint density at radius 2 is 2.06 bits per heavy atom. The second kappa shape index (κ2) is 5.58. The van der Waals surface area contributed by atoms with Crippen LogP contribution in [0.25, 0.3) is 0 Å². The maximum atomic E-state index is 11.9. The quantitative estimate of drug-likeness (QED) is 0.881. The van der Waals surface area contributed by atoms with Crippen LogP contribution in [0.1, 0.15) is 10.6 Å². The smallest absolute Gasteiger partial charge is 0.291 e. The zero-order chi connectivity index (χ0) is 13.1. The van der Waals surface area contributed by atoms with Crippen LogP contribution in [0.15, 0.2) is 43.9 Å². The molecule has 1 N–H and O–H groups in total. The molecule has 6 heteroatoms. The van der Waals surface area contributed by atoms with Crippen molar-refractivity contribution in [3.05, 3.63) is 45.2 Å². The number of benzene rings is 1. The number of methoxy groups -OCH3 is 1. The summed E-state index contributed by atoms with van der Waals surface area (Å²) in [5.41, 5.74) is 0.617. The first-order valence-corrected chi connectivity index (χ1v) is 6.59. The van der Waals surface area contributed by atoms with Crippen molar-refractivity contribution in [1.82, 2.24) is 0 Å². The van der Waals surface area contributed by atoms with Crippen LogP contribution in [0.3, 0.4) is 0 Å². The van der Waals surface area contributed by atoms with Gasteiger partial charge in [0.25, 0.3) is 5.91 Å². The monoisotopic (exact) mass is 373 g/mol. The number of ether oxygens (including phenoxy) is 1. The third-order valence-corrected chi connectivity index (χ3v) is 3.34. The Morgan fingerprint density at radius 1 is 1.28 bits per heavy atom. The van der Waals surface area contributed by atoms with Crippen molar-refractivity contribution < 1.29 is 13.9 Å². The van der Waals surface area contributed by atoms with E-state index in [9.17, 15) is 4.79 Å². The van der Waals surface area contributed by atoms with Crippen molar-refractivity contribution in [2.75, 3.05) is 12.4 Å². The minimum Gasteiger partial charge on any atom is -0.497 e. The van der Waals surface area contributed by atoms with Gasteiger partial charge in [-0.05, 0) is 56.1 Å². The summed E-state index contributed by atoms with van der Waals surface area (Å²) in [6, 6.07) is 8.57. The first-order chi connectivity index (χ1) is 8.60. The van der Waals surface area contributed by atoms with E-state index in [-0.39, 0.29) is 11.7 Å². The molecule has 4 nitrogen and oxygen atoms in total. The summed E-state index contributed by atoms with van der Waals surface area (Å²) >= 11 is 6.50. The highest BCUT2D eigenvalue weighted by Gasteiger charge is 2.12. The lowest BCUT2D eigenvalue weighted by molar-refractivity contribution is 0.0995. The Labute approximate surface area is 121 Å². The van der Waals surface area contributed by atoms with E-state index in [2.05, 4.69) is 37.2 Å². The van der Waals surface area contributed by atoms with Crippen LogP contribution in [-0.2, 0) is 0 Å². The third-order valence-electron chi connectivity index (χ3n) is 2.22. The molecule has 1 heterocycles. The van der Waals surface area contributed by atoms with E-state index in [1.54, 1.807) is 37.4 Å². The van der Waals surface area contributed by atoms with Crippen molar-refractivity contribution in [1.29, 1.82) is 0 Å². The van der Waals surface area contributed by atoms with Gasteiger partial charge in [0, 0.05) is 10.5 Å². The molecular formula is C12H9Br2NO3. The molecule has 0 unspecified atom stereocenters. The average Bonchev–Trinajstić information content (AvgIpc) is 2.79. The molecule has 0 saturated heterocycles. The predicted octanol–water partition coefficient (Wildman–Crippen LogP) is 4.07. The highest BCUT2D eigenvalue weighted by atomic mass is 79.9. The predicted molar refractivity (Wildman–Crippen MR) is 75.1 cm³/mol. The standard InChI is InChI=1S/C12H9Br2NO3/c1-17-7-2-3-8(13)9(6-7)15-12(16)10-4-5-11(14)18-10/h2-6H,1H3,(H,15,16). The molecular weight excluding hydrogens is 366 g/mol. The molecule has 0 bridgehead atoms. The molecule has 1 aromatic heterocycles. The van der Waals surface area contributed by atoms with Crippen molar-refractivity contribution in [3.8, 4) is 5.75 Å². The van der Waals surface area contributed by atoms with Crippen LogP contribution in [0.5, 0.6) is 5.75 Å². The van der Waals surface area contributed by atoms with Gasteiger partial charge in [-0.1, -0.05) is 0 Å². The van der Waals surface area contributed by atoms with Crippen LogP contribution in [0.4, 0.5) is 5.69 Å². The minimum atomic E-state index is -0.324. The molecule has 0 spiro atoms. The average molecular weight is 375 g/mol. The van der Waals surface area contributed by atoms with Crippen LogP contribution in [-0.4, -0.2) is 13.0 Å². The van der Waals surface area contributed by atoms with Crippen molar-refractivity contribution in [3.63, 3.8) is 0 Å². The van der Waals surface area contributed by atoms with Gasteiger partial charge in [0.1, 0.15) is 5.75 Å². The van der Waals surface area contributed by atoms with E-state index in [0.717, 1.165) is 4.47 Å². The van der Waals surface area contributed by atoms with Gasteiger partial charge in [-0.15, -0.1) is 0 Å². The summed E-state index contributed by atoms with van der Waals surface area (Å²) in [7, 11) is 1.57. The Kier molecular flexibility index (Phi) is 4.08. The Bertz CT molecular complexity index is 580. The number of carbonyl (C=O) groups excluding carboxylic acids is 1. The van der Waals surface area contributed by atoms with Gasteiger partial charge in [-0.2, -0.15) is 0 Å². The van der Waals surface area contributed by atoms with Crippen LogP contribution >= 0.6 is 31.9 Å². The summed E-state index contributed by atoms with van der Waals surface area (Å²) < 4.78 is 11.5. The summed E-state index contributed by atoms with van der Waals surface area (Å²) in [5, 5.41) is 2.73. The summed E-state index contributed by atoms with van der Waals surface area (Å²) in [6.07, 6.45) is 0. The Balaban J connectivity index is 2.21. The lowest BCUT2D eigenvalue weighted by Crippen LogP contribution is -2.11. The Hall–Kier alpha value is -1.27. The number of anilines is 1. The van der Waals surface area contributed by atoms with Crippen LogP contribution < -0.4 is 10.1 Å². The first-order valence-electron chi connectivity index (χ1n) is 5.00. The third kappa shape index (κ3) is 2.94. The molecule has 0 fully saturated rings. The number of carbonyl (C=O) groups is 1. The minimum absolute atomic E-state index is 0.233. The fourth-order valence-corrected chi connectivity index (χ4v) is 2.00. The molecule has 94 valence electrons. The molecule has 0 radical (unpaired) electrons. The van der Waals surface area contributed by atoms with Crippen LogP contribution in [0.2, 0.25) is 0 Å². The Morgan fingerprint density at radius 3 is 2.67 bits per heavy atom. The fourth-order valence-electron chi connectivity index (χ4n) is 1.35. The van der Waals surface area contributed by atoms with Gasteiger partial charge in [0.2, 0.25) is 0 Å². The van der Waals surface area contributed by atoms with E-state index >= 15 is 0 Å². The number of hydrogen-bond donors (Lipinski definition) is 1. The van der Waals surface area contributed by atoms with Gasteiger partial charge in [-0.25, -0.2) is 0 Å². The van der Waals surface area contributed by atoms with Crippen molar-refractivity contribution in [2.45, 2.75) is 0 Å². The molecule has 0 atom stereocenters. The van der Waals surface area contributed by atoms with Gasteiger partial charge >= 0.3 is 0 Å². The fraction of sp³-hybridized carbons (Fsp3) is 0.0833. The van der Waals surface area contributed by atoms with Gasteiger partial charge in [0.15, 0.2) is 10.4 Å². The zero-order valence-electron chi connectivity index (χ0n) is 9.37. The number of nitrogens with one attached hydrogen (secondary N) is 1. The van der Waals surface area contributed by atoms with Crippen molar-refractivity contribution >= 4 is 43.5 Å². The maximum absolute atomic E-state index is 11.9. The highest BCUT2D eigenvalue weighted by molar-refractivity contribution is 9.10. The summed E-state index contributed by atoms with van der Waals surface area (Å²) in [6.45, 7) is 0. The summed E-state index contributed by atoms with van der Waals surface area (Å²) in [5.74, 6) is 0.570. The molecule has 0 aliphatic heterocycles. The lowest BCUT2D eigenvalue weighted by atomic mass is 10.3. The number of rotatable bonds is 3. The van der Waals surface area contributed by atoms with E-state index in [1.165, 1.54) is 0 Å². The molecule has 1 amide bonds. The van der Waals surface area contributed by atoms with E-state index in [1.807, 2.05) is 0 Å². The first kappa shape index (κ1) is 13.2. The zero-order valence-corrected chi connectivity index (χ0v) is 12.5. The molecule has 1 aromatic carbocycles. The SMILES string of the molecule is COc1ccc(Br)c(NC(=O)c2ccc(Br)o2)c1. The number of halogens is 2. The lowest BCUT2D eigenvalue weighted by Gasteiger charge is -2.08. The van der Waals surface area contributed by atoms with Gasteiger partial charge in [0.05, 0.1) is 12.8 Å². The maximum Gasteiger partial charge on any atom is 0.291 e. The molecule has 0 aliphatic rings. The van der Waals surface area contributed by atoms with E-state index in [4.69, 9.17) is 9.15 Å². The topological polar surface area (TPSA) is 51.5 Å². The molecule has 0 aliphatic carbocycles. The molecule has 0 saturated carbocycles. The largest absolute Gasteiger partial charge is 0.497 e. The number of hydrogen-bond acceptors (Lipinski definition) is 3.